The van der Waals surface area contributed by atoms with Gasteiger partial charge in [0.1, 0.15) is 17.4 Å². The number of nitrogens with one attached hydrogen (secondary N) is 2. The van der Waals surface area contributed by atoms with E-state index in [9.17, 15) is 9.18 Å². The Balaban J connectivity index is 1.46. The molecule has 1 amide bonds. The highest BCUT2D eigenvalue weighted by Crippen LogP contribution is 2.22. The second-order valence-electron chi connectivity index (χ2n) is 7.04. The van der Waals surface area contributed by atoms with Crippen LogP contribution in [0.4, 0.5) is 10.2 Å². The van der Waals surface area contributed by atoms with Crippen molar-refractivity contribution in [3.8, 4) is 5.75 Å². The zero-order valence-corrected chi connectivity index (χ0v) is 17.1. The molecule has 0 aliphatic rings. The molecular formula is C25H22FN3O2. The maximum absolute atomic E-state index is 13.0. The van der Waals surface area contributed by atoms with Crippen molar-refractivity contribution in [2.75, 3.05) is 12.4 Å². The van der Waals surface area contributed by atoms with Gasteiger partial charge in [0.2, 0.25) is 0 Å². The number of carbonyl (C=O) groups is 1. The number of para-hydroxylation sites is 1. The number of ether oxygens (including phenoxy) is 1. The van der Waals surface area contributed by atoms with Crippen LogP contribution in [0.15, 0.2) is 78.9 Å². The van der Waals surface area contributed by atoms with Gasteiger partial charge in [-0.25, -0.2) is 9.37 Å². The Hall–Kier alpha value is -3.93. The lowest BCUT2D eigenvalue weighted by Crippen LogP contribution is -2.22. The predicted molar refractivity (Wildman–Crippen MR) is 120 cm³/mol. The van der Waals surface area contributed by atoms with E-state index in [-0.39, 0.29) is 11.7 Å². The van der Waals surface area contributed by atoms with Crippen LogP contribution in [-0.4, -0.2) is 18.0 Å². The Morgan fingerprint density at radius 1 is 0.903 bits per heavy atom. The molecule has 1 aromatic heterocycles. The van der Waals surface area contributed by atoms with Gasteiger partial charge in [0.15, 0.2) is 0 Å². The molecule has 3 aromatic carbocycles. The van der Waals surface area contributed by atoms with E-state index in [1.54, 1.807) is 7.11 Å². The van der Waals surface area contributed by atoms with E-state index in [0.29, 0.717) is 18.7 Å². The van der Waals surface area contributed by atoms with Crippen LogP contribution >= 0.6 is 0 Å². The van der Waals surface area contributed by atoms with E-state index in [1.807, 2.05) is 54.6 Å². The summed E-state index contributed by atoms with van der Waals surface area (Å²) >= 11 is 0. The summed E-state index contributed by atoms with van der Waals surface area (Å²) < 4.78 is 18.4. The molecule has 0 spiro atoms. The molecule has 2 N–H and O–H groups in total. The summed E-state index contributed by atoms with van der Waals surface area (Å²) in [6, 6.07) is 23.1. The van der Waals surface area contributed by atoms with Crippen molar-refractivity contribution in [2.24, 2.45) is 0 Å². The average molecular weight is 415 g/mol. The van der Waals surface area contributed by atoms with Crippen LogP contribution in [0.5, 0.6) is 5.75 Å². The summed E-state index contributed by atoms with van der Waals surface area (Å²) in [5.74, 6) is 0.965. The van der Waals surface area contributed by atoms with Crippen molar-refractivity contribution in [3.05, 3.63) is 101 Å². The van der Waals surface area contributed by atoms with Crippen molar-refractivity contribution in [3.63, 3.8) is 0 Å². The third-order valence-corrected chi connectivity index (χ3v) is 5.02. The maximum Gasteiger partial charge on any atom is 0.251 e. The molecule has 0 radical (unpaired) electrons. The molecule has 31 heavy (non-hydrogen) atoms. The van der Waals surface area contributed by atoms with Crippen LogP contribution < -0.4 is 15.4 Å². The van der Waals surface area contributed by atoms with Gasteiger partial charge in [-0.05, 0) is 54.1 Å². The largest absolute Gasteiger partial charge is 0.496 e. The van der Waals surface area contributed by atoms with Gasteiger partial charge >= 0.3 is 0 Å². The summed E-state index contributed by atoms with van der Waals surface area (Å²) in [5, 5.41) is 7.18. The van der Waals surface area contributed by atoms with E-state index in [2.05, 4.69) is 10.6 Å². The molecule has 156 valence electrons. The van der Waals surface area contributed by atoms with Gasteiger partial charge in [0, 0.05) is 29.6 Å². The predicted octanol–water partition coefficient (Wildman–Crippen LogP) is 4.92. The zero-order valence-electron chi connectivity index (χ0n) is 17.1. The number of hydrogen-bond acceptors (Lipinski definition) is 4. The molecule has 0 aliphatic carbocycles. The molecule has 0 fully saturated rings. The summed E-state index contributed by atoms with van der Waals surface area (Å²) in [6.45, 7) is 0.944. The number of methoxy groups -OCH3 is 1. The number of amides is 1. The van der Waals surface area contributed by atoms with Gasteiger partial charge in [-0.1, -0.05) is 30.3 Å². The highest BCUT2D eigenvalue weighted by molar-refractivity contribution is 5.94. The number of nitrogens with zero attached hydrogens (tertiary/aromatic N) is 1. The first-order valence-electron chi connectivity index (χ1n) is 9.92. The fraction of sp³-hybridized carbons (Fsp3) is 0.120. The van der Waals surface area contributed by atoms with E-state index < -0.39 is 0 Å². The number of aromatic nitrogens is 1. The van der Waals surface area contributed by atoms with Crippen LogP contribution in [0.2, 0.25) is 0 Å². The van der Waals surface area contributed by atoms with Gasteiger partial charge < -0.3 is 15.4 Å². The van der Waals surface area contributed by atoms with Crippen LogP contribution in [0.25, 0.3) is 10.9 Å². The Morgan fingerprint density at radius 2 is 1.68 bits per heavy atom. The number of pyridine rings is 1. The molecule has 0 bridgehead atoms. The van der Waals surface area contributed by atoms with Crippen molar-refractivity contribution in [1.29, 1.82) is 0 Å². The first-order chi connectivity index (χ1) is 15.1. The maximum atomic E-state index is 13.0. The van der Waals surface area contributed by atoms with Crippen molar-refractivity contribution in [2.45, 2.75) is 13.1 Å². The lowest BCUT2D eigenvalue weighted by molar-refractivity contribution is 0.0951. The number of benzene rings is 3. The second-order valence-corrected chi connectivity index (χ2v) is 7.04. The van der Waals surface area contributed by atoms with Crippen LogP contribution in [-0.2, 0) is 13.1 Å². The smallest absolute Gasteiger partial charge is 0.251 e. The third kappa shape index (κ3) is 4.80. The van der Waals surface area contributed by atoms with Gasteiger partial charge in [-0.3, -0.25) is 4.79 Å². The molecule has 1 heterocycles. The summed E-state index contributed by atoms with van der Waals surface area (Å²) in [5.41, 5.74) is 3.25. The van der Waals surface area contributed by atoms with Crippen molar-refractivity contribution >= 4 is 22.6 Å². The highest BCUT2D eigenvalue weighted by Gasteiger charge is 2.08. The van der Waals surface area contributed by atoms with Crippen LogP contribution in [0.3, 0.4) is 0 Å². The monoisotopic (exact) mass is 415 g/mol. The number of fused-ring (bicyclic) bond motifs is 1. The summed E-state index contributed by atoms with van der Waals surface area (Å²) in [6.07, 6.45) is 0. The first-order valence-corrected chi connectivity index (χ1v) is 9.92. The Labute approximate surface area is 179 Å². The molecular weight excluding hydrogens is 393 g/mol. The van der Waals surface area contributed by atoms with Crippen LogP contribution in [0, 0.1) is 5.82 Å². The first kappa shape index (κ1) is 20.3. The van der Waals surface area contributed by atoms with Gasteiger partial charge in [-0.2, -0.15) is 0 Å². The summed E-state index contributed by atoms with van der Waals surface area (Å²) in [7, 11) is 1.66. The molecule has 0 aliphatic heterocycles. The lowest BCUT2D eigenvalue weighted by atomic mass is 10.1. The Kier molecular flexibility index (Phi) is 6.08. The minimum absolute atomic E-state index is 0.250. The second kappa shape index (κ2) is 9.26. The molecule has 0 saturated carbocycles. The standard InChI is InChI=1S/C25H22FN3O2/c1-31-23-8-3-2-5-19(23)16-27-24-14-13-21-18(6-4-7-22(21)29-24)15-28-25(30)17-9-11-20(26)12-10-17/h2-14H,15-16H2,1H3,(H,27,29)(H,28,30). The number of carbonyl (C=O) groups excluding carboxylic acids is 1. The highest BCUT2D eigenvalue weighted by atomic mass is 19.1. The average Bonchev–Trinajstić information content (AvgIpc) is 2.81. The molecule has 0 saturated heterocycles. The van der Waals surface area contributed by atoms with E-state index in [4.69, 9.17) is 9.72 Å². The number of halogens is 1. The molecule has 4 rings (SSSR count). The van der Waals surface area contributed by atoms with Crippen molar-refractivity contribution in [1.82, 2.24) is 10.3 Å². The normalized spacial score (nSPS) is 10.6. The number of hydrogen-bond donors (Lipinski definition) is 2. The van der Waals surface area contributed by atoms with E-state index >= 15 is 0 Å². The van der Waals surface area contributed by atoms with E-state index in [1.165, 1.54) is 24.3 Å². The molecule has 0 unspecified atom stereocenters. The van der Waals surface area contributed by atoms with Gasteiger partial charge in [0.05, 0.1) is 12.6 Å². The topological polar surface area (TPSA) is 63.2 Å². The molecule has 4 aromatic rings. The Bertz CT molecular complexity index is 1210. The SMILES string of the molecule is COc1ccccc1CNc1ccc2c(CNC(=O)c3ccc(F)cc3)cccc2n1. The fourth-order valence-corrected chi connectivity index (χ4v) is 3.38. The minimum Gasteiger partial charge on any atom is -0.496 e. The molecule has 6 heteroatoms. The number of rotatable bonds is 7. The number of anilines is 1. The van der Waals surface area contributed by atoms with Gasteiger partial charge in [-0.15, -0.1) is 0 Å². The fourth-order valence-electron chi connectivity index (χ4n) is 3.38. The summed E-state index contributed by atoms with van der Waals surface area (Å²) in [4.78, 5) is 17.0. The van der Waals surface area contributed by atoms with Gasteiger partial charge in [0.25, 0.3) is 5.91 Å². The minimum atomic E-state index is -0.369. The zero-order chi connectivity index (χ0) is 21.6. The lowest BCUT2D eigenvalue weighted by Gasteiger charge is -2.12. The van der Waals surface area contributed by atoms with Crippen LogP contribution in [0.1, 0.15) is 21.5 Å². The van der Waals surface area contributed by atoms with Crippen molar-refractivity contribution < 1.29 is 13.9 Å². The van der Waals surface area contributed by atoms with E-state index in [0.717, 1.165) is 33.6 Å². The molecule has 5 nitrogen and oxygen atoms in total. The third-order valence-electron chi connectivity index (χ3n) is 5.02. The Morgan fingerprint density at radius 3 is 2.48 bits per heavy atom. The quantitative estimate of drug-likeness (QED) is 0.450. The molecule has 0 atom stereocenters.